The summed E-state index contributed by atoms with van der Waals surface area (Å²) >= 11 is 1.40. The van der Waals surface area contributed by atoms with Gasteiger partial charge in [0.25, 0.3) is 5.91 Å². The molecule has 154 valence electrons. The summed E-state index contributed by atoms with van der Waals surface area (Å²) in [7, 11) is 0. The molecule has 1 aromatic carbocycles. The number of hydrogen-bond acceptors (Lipinski definition) is 7. The van der Waals surface area contributed by atoms with Gasteiger partial charge in [0.1, 0.15) is 10.4 Å². The van der Waals surface area contributed by atoms with Crippen molar-refractivity contribution in [3.05, 3.63) is 62.7 Å². The summed E-state index contributed by atoms with van der Waals surface area (Å²) in [5.74, 6) is -0.154. The Hall–Kier alpha value is -3.39. The van der Waals surface area contributed by atoms with Crippen molar-refractivity contribution >= 4 is 40.0 Å². The Kier molecular flexibility index (Phi) is 6.37. The molecule has 0 atom stereocenters. The molecule has 2 aromatic heterocycles. The molecule has 3 aromatic rings. The van der Waals surface area contributed by atoms with Crippen molar-refractivity contribution < 1.29 is 9.21 Å². The zero-order valence-corrected chi connectivity index (χ0v) is 18.3. The number of nitrogens with one attached hydrogen (secondary N) is 1. The zero-order chi connectivity index (χ0) is 21.8. The molecular formula is C22H22N4O3S. The number of hydrogen-bond donors (Lipinski definition) is 1. The minimum Gasteiger partial charge on any atom is -0.402 e. The molecule has 1 N–H and O–H groups in total. The standard InChI is InChI=1S/C22H22N4O3S/c1-6-12(3)16(11-23-7-2)20(27)25-17-10-8-9-15-18(17)26-21(29-22(15)28)19-13(4)24-14(5)30-19/h6-11H,1-5H3,(H,25,27)/b12-6?,16-11+,23-7?. The Bertz CT molecular complexity index is 1270. The van der Waals surface area contributed by atoms with Crippen LogP contribution in [0.3, 0.4) is 0 Å². The van der Waals surface area contributed by atoms with E-state index in [9.17, 15) is 9.59 Å². The lowest BCUT2D eigenvalue weighted by Gasteiger charge is -2.11. The van der Waals surface area contributed by atoms with Gasteiger partial charge in [-0.1, -0.05) is 12.1 Å². The number of rotatable bonds is 5. The second-order valence-corrected chi connectivity index (χ2v) is 7.73. The lowest BCUT2D eigenvalue weighted by molar-refractivity contribution is -0.112. The first-order chi connectivity index (χ1) is 14.3. The first-order valence-electron chi connectivity index (χ1n) is 9.36. The first-order valence-corrected chi connectivity index (χ1v) is 10.2. The number of allylic oxidation sites excluding steroid dienone is 1. The van der Waals surface area contributed by atoms with Gasteiger partial charge in [-0.3, -0.25) is 9.79 Å². The number of nitrogens with zero attached hydrogens (tertiary/aromatic N) is 3. The largest absolute Gasteiger partial charge is 0.402 e. The maximum atomic E-state index is 12.9. The Balaban J connectivity index is 2.11. The SMILES string of the molecule is CC=N/C=C(/C(=O)Nc1cccc2c(=O)oc(-c3sc(C)nc3C)nc12)C(C)=CC. The van der Waals surface area contributed by atoms with Crippen LogP contribution in [0.2, 0.25) is 0 Å². The highest BCUT2D eigenvalue weighted by Crippen LogP contribution is 2.30. The van der Waals surface area contributed by atoms with E-state index in [1.807, 2.05) is 33.8 Å². The molecule has 0 aliphatic heterocycles. The number of carbonyl (C=O) groups excluding carboxylic acids is 1. The van der Waals surface area contributed by atoms with Crippen molar-refractivity contribution in [2.45, 2.75) is 34.6 Å². The van der Waals surface area contributed by atoms with Gasteiger partial charge in [0, 0.05) is 12.4 Å². The molecule has 1 amide bonds. The van der Waals surface area contributed by atoms with Crippen LogP contribution in [-0.4, -0.2) is 22.1 Å². The van der Waals surface area contributed by atoms with E-state index in [0.29, 0.717) is 21.7 Å². The van der Waals surface area contributed by atoms with E-state index >= 15 is 0 Å². The molecule has 0 unspecified atom stereocenters. The number of aryl methyl sites for hydroxylation is 2. The summed E-state index contributed by atoms with van der Waals surface area (Å²) < 4.78 is 5.44. The van der Waals surface area contributed by atoms with Gasteiger partial charge in [-0.25, -0.2) is 14.8 Å². The van der Waals surface area contributed by atoms with Gasteiger partial charge in [-0.15, -0.1) is 11.3 Å². The fraction of sp³-hybridized carbons (Fsp3) is 0.227. The fourth-order valence-corrected chi connectivity index (χ4v) is 3.70. The van der Waals surface area contributed by atoms with Crippen molar-refractivity contribution in [2.24, 2.45) is 4.99 Å². The first kappa shape index (κ1) is 21.3. The second-order valence-electron chi connectivity index (χ2n) is 6.53. The van der Waals surface area contributed by atoms with E-state index in [2.05, 4.69) is 20.3 Å². The number of aromatic nitrogens is 2. The number of carbonyl (C=O) groups is 1. The van der Waals surface area contributed by atoms with E-state index in [1.165, 1.54) is 17.5 Å². The monoisotopic (exact) mass is 422 g/mol. The molecule has 0 radical (unpaired) electrons. The van der Waals surface area contributed by atoms with E-state index in [0.717, 1.165) is 16.3 Å². The Morgan fingerprint density at radius 1 is 1.23 bits per heavy atom. The van der Waals surface area contributed by atoms with Gasteiger partial charge in [0.15, 0.2) is 0 Å². The van der Waals surface area contributed by atoms with Crippen LogP contribution in [0, 0.1) is 13.8 Å². The zero-order valence-electron chi connectivity index (χ0n) is 17.4. The molecule has 0 spiro atoms. The fourth-order valence-electron chi connectivity index (χ4n) is 2.86. The lowest BCUT2D eigenvalue weighted by Crippen LogP contribution is -2.16. The second kappa shape index (κ2) is 8.96. The third-order valence-corrected chi connectivity index (χ3v) is 5.52. The summed E-state index contributed by atoms with van der Waals surface area (Å²) in [5, 5.41) is 3.99. The summed E-state index contributed by atoms with van der Waals surface area (Å²) in [6.45, 7) is 9.17. The minimum atomic E-state index is -0.521. The summed E-state index contributed by atoms with van der Waals surface area (Å²) in [4.78, 5) is 39.2. The van der Waals surface area contributed by atoms with Crippen LogP contribution in [0.15, 0.2) is 55.8 Å². The van der Waals surface area contributed by atoms with Crippen LogP contribution < -0.4 is 10.9 Å². The smallest absolute Gasteiger partial charge is 0.347 e. The number of para-hydroxylation sites is 1. The topological polar surface area (TPSA) is 97.5 Å². The average Bonchev–Trinajstić information content (AvgIpc) is 3.06. The Labute approximate surface area is 177 Å². The van der Waals surface area contributed by atoms with E-state index in [4.69, 9.17) is 4.42 Å². The lowest BCUT2D eigenvalue weighted by atomic mass is 10.1. The highest BCUT2D eigenvalue weighted by atomic mass is 32.1. The van der Waals surface area contributed by atoms with Crippen LogP contribution in [0.5, 0.6) is 0 Å². The molecule has 2 heterocycles. The molecular weight excluding hydrogens is 400 g/mol. The third-order valence-electron chi connectivity index (χ3n) is 4.46. The van der Waals surface area contributed by atoms with Gasteiger partial charge in [0.05, 0.1) is 27.3 Å². The number of aliphatic imine (C=N–C) groups is 1. The van der Waals surface area contributed by atoms with Crippen molar-refractivity contribution in [1.29, 1.82) is 0 Å². The summed E-state index contributed by atoms with van der Waals surface area (Å²) in [6, 6.07) is 5.00. The van der Waals surface area contributed by atoms with Crippen molar-refractivity contribution in [1.82, 2.24) is 9.97 Å². The summed E-state index contributed by atoms with van der Waals surface area (Å²) in [5.41, 5.74) is 2.19. The van der Waals surface area contributed by atoms with Crippen molar-refractivity contribution in [3.8, 4) is 10.8 Å². The number of benzene rings is 1. The quantitative estimate of drug-likeness (QED) is 0.362. The third kappa shape index (κ3) is 4.28. The molecule has 8 heteroatoms. The molecule has 0 saturated heterocycles. The van der Waals surface area contributed by atoms with Crippen molar-refractivity contribution in [3.63, 3.8) is 0 Å². The van der Waals surface area contributed by atoms with E-state index < -0.39 is 5.63 Å². The number of fused-ring (bicyclic) bond motifs is 1. The molecule has 0 saturated carbocycles. The van der Waals surface area contributed by atoms with Gasteiger partial charge in [0.2, 0.25) is 5.89 Å². The number of amides is 1. The normalized spacial score (nSPS) is 12.7. The molecule has 0 bridgehead atoms. The molecule has 7 nitrogen and oxygen atoms in total. The van der Waals surface area contributed by atoms with E-state index in [-0.39, 0.29) is 17.2 Å². The van der Waals surface area contributed by atoms with Crippen LogP contribution >= 0.6 is 11.3 Å². The Morgan fingerprint density at radius 2 is 2.00 bits per heavy atom. The van der Waals surface area contributed by atoms with Gasteiger partial charge in [-0.2, -0.15) is 0 Å². The van der Waals surface area contributed by atoms with Crippen molar-refractivity contribution in [2.75, 3.05) is 5.32 Å². The predicted octanol–water partition coefficient (Wildman–Crippen LogP) is 4.81. The average molecular weight is 423 g/mol. The maximum absolute atomic E-state index is 12.9. The molecule has 0 aliphatic rings. The minimum absolute atomic E-state index is 0.188. The van der Waals surface area contributed by atoms with Crippen LogP contribution in [0.1, 0.15) is 31.5 Å². The molecule has 30 heavy (non-hydrogen) atoms. The van der Waals surface area contributed by atoms with Crippen LogP contribution in [-0.2, 0) is 4.79 Å². The molecule has 0 fully saturated rings. The van der Waals surface area contributed by atoms with Crippen LogP contribution in [0.25, 0.3) is 21.7 Å². The predicted molar refractivity (Wildman–Crippen MR) is 121 cm³/mol. The van der Waals surface area contributed by atoms with Crippen LogP contribution in [0.4, 0.5) is 5.69 Å². The maximum Gasteiger partial charge on any atom is 0.347 e. The highest BCUT2D eigenvalue weighted by molar-refractivity contribution is 7.15. The van der Waals surface area contributed by atoms with Gasteiger partial charge < -0.3 is 9.73 Å². The molecule has 0 aliphatic carbocycles. The summed E-state index contributed by atoms with van der Waals surface area (Å²) in [6.07, 6.45) is 4.94. The number of anilines is 1. The van der Waals surface area contributed by atoms with Gasteiger partial charge >= 0.3 is 5.63 Å². The highest BCUT2D eigenvalue weighted by Gasteiger charge is 2.18. The molecule has 3 rings (SSSR count). The van der Waals surface area contributed by atoms with Gasteiger partial charge in [-0.05, 0) is 52.3 Å². The Morgan fingerprint density at radius 3 is 2.63 bits per heavy atom. The number of thiazole rings is 1. The van der Waals surface area contributed by atoms with E-state index in [1.54, 1.807) is 31.3 Å².